The fourth-order valence-corrected chi connectivity index (χ4v) is 3.13. The Kier molecular flexibility index (Phi) is 50.2. The molecule has 0 saturated carbocycles. The molecule has 0 aliphatic carbocycles. The van der Waals surface area contributed by atoms with Crippen molar-refractivity contribution in [2.75, 3.05) is 104 Å². The number of ketones is 1. The molecular formula is C34H65N6O12Y-. The Balaban J connectivity index is -0.000000383. The van der Waals surface area contributed by atoms with Crippen LogP contribution in [0.1, 0.15) is 58.1 Å². The molecular weight excluding hydrogens is 773 g/mol. The number of carbonyl (C=O) groups excluding carboxylic acids is 3. The SMILES string of the molecule is CC(C)CN.CC(O)c1ccc(NC(=O)CCCC[N-]N)cc1.NCCOCCOCCOCCOCCOCCOCCC(=O)C(N)=O.O=CO.[Y]. The predicted octanol–water partition coefficient (Wildman–Crippen LogP) is 0.885. The maximum atomic E-state index is 11.6. The number of amides is 2. The molecule has 0 aromatic heterocycles. The number of Topliss-reactive ketones (excluding diaryl/α,β-unsaturated/α-hetero) is 1. The molecule has 1 radical (unpaired) electrons. The Morgan fingerprint density at radius 3 is 1.49 bits per heavy atom. The summed E-state index contributed by atoms with van der Waals surface area (Å²) in [4.78, 5) is 41.3. The van der Waals surface area contributed by atoms with Crippen LogP contribution in [0, 0.1) is 5.92 Å². The van der Waals surface area contributed by atoms with Gasteiger partial charge in [-0.1, -0.05) is 32.4 Å². The molecule has 1 unspecified atom stereocenters. The summed E-state index contributed by atoms with van der Waals surface area (Å²) in [5.74, 6) is 4.08. The van der Waals surface area contributed by atoms with E-state index in [0.717, 1.165) is 30.6 Å². The Labute approximate surface area is 339 Å². The Bertz CT molecular complexity index is 967. The first kappa shape index (κ1) is 57.7. The monoisotopic (exact) mass is 838 g/mol. The number of aliphatic hydroxyl groups is 1. The summed E-state index contributed by atoms with van der Waals surface area (Å²) >= 11 is 0. The van der Waals surface area contributed by atoms with E-state index in [-0.39, 0.29) is 58.1 Å². The van der Waals surface area contributed by atoms with E-state index < -0.39 is 17.8 Å². The van der Waals surface area contributed by atoms with Gasteiger partial charge in [0.25, 0.3) is 12.4 Å². The van der Waals surface area contributed by atoms with Crippen molar-refractivity contribution in [2.45, 2.75) is 52.6 Å². The van der Waals surface area contributed by atoms with Crippen molar-refractivity contribution in [1.82, 2.24) is 0 Å². The molecule has 2 amide bonds. The fourth-order valence-electron chi connectivity index (χ4n) is 3.13. The normalized spacial score (nSPS) is 10.6. The van der Waals surface area contributed by atoms with Crippen molar-refractivity contribution in [3.63, 3.8) is 0 Å². The third-order valence-electron chi connectivity index (χ3n) is 5.96. The first-order chi connectivity index (χ1) is 25.0. The summed E-state index contributed by atoms with van der Waals surface area (Å²) in [6.45, 7) is 13.0. The molecule has 0 aliphatic heterocycles. The second-order valence-electron chi connectivity index (χ2n) is 10.9. The molecule has 0 aliphatic rings. The molecule has 53 heavy (non-hydrogen) atoms. The van der Waals surface area contributed by atoms with Crippen molar-refractivity contribution in [2.24, 2.45) is 29.0 Å². The summed E-state index contributed by atoms with van der Waals surface area (Å²) in [7, 11) is 0. The van der Waals surface area contributed by atoms with Crippen LogP contribution < -0.4 is 28.4 Å². The van der Waals surface area contributed by atoms with E-state index in [1.807, 2.05) is 0 Å². The molecule has 0 heterocycles. The third kappa shape index (κ3) is 47.9. The van der Waals surface area contributed by atoms with E-state index in [4.69, 9.17) is 61.4 Å². The molecule has 307 valence electrons. The minimum atomic E-state index is -0.938. The minimum absolute atomic E-state index is 0. The molecule has 19 heteroatoms. The Morgan fingerprint density at radius 1 is 0.755 bits per heavy atom. The van der Waals surface area contributed by atoms with Gasteiger partial charge in [0, 0.05) is 57.8 Å². The molecule has 11 N–H and O–H groups in total. The van der Waals surface area contributed by atoms with Crippen molar-refractivity contribution >= 4 is 29.8 Å². The molecule has 1 aromatic rings. The van der Waals surface area contributed by atoms with Gasteiger partial charge in [-0.25, -0.2) is 0 Å². The van der Waals surface area contributed by atoms with Crippen LogP contribution in [0.25, 0.3) is 5.43 Å². The number of benzene rings is 1. The first-order valence-electron chi connectivity index (χ1n) is 17.2. The summed E-state index contributed by atoms with van der Waals surface area (Å²) in [6.07, 6.45) is 1.57. The zero-order chi connectivity index (χ0) is 39.7. The van der Waals surface area contributed by atoms with Gasteiger partial charge in [-0.2, -0.15) is 0 Å². The van der Waals surface area contributed by atoms with Crippen LogP contribution in [0.4, 0.5) is 5.69 Å². The van der Waals surface area contributed by atoms with Crippen molar-refractivity contribution < 1.29 is 90.5 Å². The second-order valence-corrected chi connectivity index (χ2v) is 10.9. The van der Waals surface area contributed by atoms with E-state index in [0.29, 0.717) is 98.1 Å². The number of nitrogens with zero attached hydrogens (tertiary/aromatic N) is 1. The zero-order valence-corrected chi connectivity index (χ0v) is 34.6. The maximum Gasteiger partial charge on any atom is 0.290 e. The van der Waals surface area contributed by atoms with Gasteiger partial charge < -0.3 is 72.4 Å². The number of unbranched alkanes of at least 4 members (excludes halogenated alkanes) is 1. The number of anilines is 1. The number of nitrogens with one attached hydrogen (secondary N) is 1. The molecule has 0 spiro atoms. The maximum absolute atomic E-state index is 11.6. The van der Waals surface area contributed by atoms with Gasteiger partial charge in [-0.05, 0) is 43.5 Å². The zero-order valence-electron chi connectivity index (χ0n) is 31.8. The third-order valence-corrected chi connectivity index (χ3v) is 5.96. The Morgan fingerprint density at radius 2 is 1.15 bits per heavy atom. The van der Waals surface area contributed by atoms with Crippen molar-refractivity contribution in [1.29, 1.82) is 0 Å². The van der Waals surface area contributed by atoms with Gasteiger partial charge in [0.2, 0.25) is 11.7 Å². The number of primary amides is 1. The average molecular weight is 839 g/mol. The number of hydrogen-bond donors (Lipinski definition) is 7. The van der Waals surface area contributed by atoms with Gasteiger partial charge >= 0.3 is 0 Å². The Hall–Kier alpha value is -2.04. The first-order valence-corrected chi connectivity index (χ1v) is 17.2. The molecule has 18 nitrogen and oxygen atoms in total. The molecule has 1 atom stereocenters. The van der Waals surface area contributed by atoms with Gasteiger partial charge in [0.05, 0.1) is 85.4 Å². The van der Waals surface area contributed by atoms with Crippen LogP contribution in [0.3, 0.4) is 0 Å². The van der Waals surface area contributed by atoms with Crippen LogP contribution in [0.2, 0.25) is 0 Å². The van der Waals surface area contributed by atoms with Crippen LogP contribution in [0.5, 0.6) is 0 Å². The number of ether oxygens (including phenoxy) is 6. The van der Waals surface area contributed by atoms with E-state index >= 15 is 0 Å². The quantitative estimate of drug-likeness (QED) is 0.0194. The summed E-state index contributed by atoms with van der Waals surface area (Å²) in [5.41, 5.74) is 20.3. The minimum Gasteiger partial charge on any atom is -0.600 e. The number of rotatable bonds is 29. The number of nitrogens with two attached hydrogens (primary N) is 4. The van der Waals surface area contributed by atoms with E-state index in [1.54, 1.807) is 31.2 Å². The van der Waals surface area contributed by atoms with Crippen LogP contribution in [0.15, 0.2) is 24.3 Å². The summed E-state index contributed by atoms with van der Waals surface area (Å²) < 4.78 is 31.5. The predicted molar refractivity (Wildman–Crippen MR) is 197 cm³/mol. The van der Waals surface area contributed by atoms with E-state index in [1.165, 1.54) is 0 Å². The van der Waals surface area contributed by atoms with Crippen molar-refractivity contribution in [3.8, 4) is 0 Å². The standard InChI is InChI=1S/C16H32N2O8.C13H20N3O2.C4H11N.CH2O2.Y/c17-2-4-22-6-8-24-10-12-26-14-13-25-11-9-23-7-5-21-3-1-15(19)16(18)20;1-10(17)11-5-7-12(8-6-11)16-13(18)4-2-3-9-15-14;1-4(2)3-5;2-1-3;/h1-14,17H2,(H2,18,20);5-8,10,17H,2-4,9,14H2,1H3,(H,16,18);4H,3,5H2,1-2H3;1H,(H,2,3);/q;-1;;;. The van der Waals surface area contributed by atoms with Gasteiger partial charge in [-0.3, -0.25) is 19.2 Å². The topological polar surface area (TPSA) is 294 Å². The van der Waals surface area contributed by atoms with Crippen molar-refractivity contribution in [3.05, 3.63) is 35.3 Å². The van der Waals surface area contributed by atoms with Crippen LogP contribution in [-0.4, -0.2) is 133 Å². The van der Waals surface area contributed by atoms with Gasteiger partial charge in [-0.15, -0.1) is 6.54 Å². The summed E-state index contributed by atoms with van der Waals surface area (Å²) in [6, 6.07) is 7.17. The molecule has 1 rings (SSSR count). The molecule has 0 saturated heterocycles. The molecule has 0 bridgehead atoms. The number of carboxylic acid groups (broad SMARTS) is 1. The number of aliphatic hydroxyl groups excluding tert-OH is 1. The smallest absolute Gasteiger partial charge is 0.290 e. The largest absolute Gasteiger partial charge is 0.600 e. The average Bonchev–Trinajstić information content (AvgIpc) is 3.12. The van der Waals surface area contributed by atoms with E-state index in [2.05, 4.69) is 24.6 Å². The van der Waals surface area contributed by atoms with Gasteiger partial charge in [0.1, 0.15) is 0 Å². The molecule has 1 aromatic carbocycles. The summed E-state index contributed by atoms with van der Waals surface area (Å²) in [5, 5.41) is 19.0. The molecule has 0 fully saturated rings. The fraction of sp³-hybridized carbons (Fsp3) is 0.706. The van der Waals surface area contributed by atoms with E-state index in [9.17, 15) is 19.5 Å². The number of hydrogen-bond acceptors (Lipinski definition) is 14. The van der Waals surface area contributed by atoms with Crippen LogP contribution in [-0.2, 0) is 80.3 Å². The number of carbonyl (C=O) groups is 4. The second kappa shape index (κ2) is 46.1. The van der Waals surface area contributed by atoms with Crippen LogP contribution >= 0.6 is 0 Å². The van der Waals surface area contributed by atoms with Gasteiger partial charge in [0.15, 0.2) is 0 Å².